The average molecular weight is 491 g/mol. The molecule has 0 radical (unpaired) electrons. The molecule has 0 aliphatic heterocycles. The van der Waals surface area contributed by atoms with Crippen LogP contribution < -0.4 is 21.9 Å². The van der Waals surface area contributed by atoms with Crippen LogP contribution in [0.5, 0.6) is 0 Å². The number of aromatic amines is 1. The lowest BCUT2D eigenvalue weighted by Gasteiger charge is -2.28. The molecule has 0 amide bonds. The molecule has 0 saturated heterocycles. The van der Waals surface area contributed by atoms with Crippen LogP contribution in [0.3, 0.4) is 0 Å². The summed E-state index contributed by atoms with van der Waals surface area (Å²) in [5.74, 6) is -0.0900. The summed E-state index contributed by atoms with van der Waals surface area (Å²) in [7, 11) is -3.79. The molecule has 0 bridgehead atoms. The number of benzene rings is 1. The van der Waals surface area contributed by atoms with Crippen LogP contribution in [0.4, 0.5) is 11.5 Å². The van der Waals surface area contributed by atoms with Gasteiger partial charge in [0.2, 0.25) is 0 Å². The first-order valence-corrected chi connectivity index (χ1v) is 12.3. The number of nitrogen functional groups attached to an aromatic ring is 1. The molecule has 2 aromatic rings. The van der Waals surface area contributed by atoms with Crippen molar-refractivity contribution in [2.75, 3.05) is 29.5 Å². The Morgan fingerprint density at radius 2 is 1.77 bits per heavy atom. The van der Waals surface area contributed by atoms with Crippen LogP contribution in [0.15, 0.2) is 32.7 Å². The number of aromatic nitrogens is 2. The molecule has 0 saturated carbocycles. The number of nitrogens with two attached hydrogens (primary N) is 1. The van der Waals surface area contributed by atoms with Crippen LogP contribution in [-0.2, 0) is 16.4 Å². The summed E-state index contributed by atoms with van der Waals surface area (Å²) in [5, 5.41) is 0.325. The number of hydrogen-bond acceptors (Lipinski definition) is 6. The zero-order chi connectivity index (χ0) is 23.5. The fourth-order valence-electron chi connectivity index (χ4n) is 3.22. The summed E-state index contributed by atoms with van der Waals surface area (Å²) >= 11 is 12.0. The Bertz CT molecular complexity index is 1160. The van der Waals surface area contributed by atoms with Gasteiger partial charge >= 0.3 is 5.69 Å². The molecule has 0 spiro atoms. The lowest BCUT2D eigenvalue weighted by molar-refractivity contribution is 0.506. The van der Waals surface area contributed by atoms with Gasteiger partial charge in [-0.1, -0.05) is 50.9 Å². The fraction of sp³-hybridized carbons (Fsp3) is 0.500. The van der Waals surface area contributed by atoms with Gasteiger partial charge in [-0.15, -0.1) is 0 Å². The van der Waals surface area contributed by atoms with E-state index >= 15 is 0 Å². The van der Waals surface area contributed by atoms with E-state index < -0.39 is 21.1 Å². The minimum atomic E-state index is -3.79. The van der Waals surface area contributed by atoms with Crippen molar-refractivity contribution in [1.82, 2.24) is 9.55 Å². The van der Waals surface area contributed by atoms with Gasteiger partial charge in [0.05, 0.1) is 15.7 Å². The highest BCUT2D eigenvalue weighted by Gasteiger charge is 2.24. The van der Waals surface area contributed by atoms with E-state index in [9.17, 15) is 18.0 Å². The maximum Gasteiger partial charge on any atom is 0.330 e. The van der Waals surface area contributed by atoms with Gasteiger partial charge in [-0.05, 0) is 30.0 Å². The number of nitrogens with one attached hydrogen (secondary N) is 1. The highest BCUT2D eigenvalue weighted by Crippen LogP contribution is 2.27. The normalized spacial score (nSPS) is 12.0. The van der Waals surface area contributed by atoms with Gasteiger partial charge in [-0.3, -0.25) is 14.3 Å². The van der Waals surface area contributed by atoms with Gasteiger partial charge in [-0.2, -0.15) is 0 Å². The van der Waals surface area contributed by atoms with Crippen LogP contribution in [0.25, 0.3) is 0 Å². The third-order valence-corrected chi connectivity index (χ3v) is 6.93. The van der Waals surface area contributed by atoms with Crippen molar-refractivity contribution in [3.8, 4) is 0 Å². The van der Waals surface area contributed by atoms with E-state index in [0.717, 1.165) is 0 Å². The molecule has 0 aliphatic rings. The maximum absolute atomic E-state index is 12.9. The number of H-pyrrole nitrogens is 1. The quantitative estimate of drug-likeness (QED) is 0.557. The summed E-state index contributed by atoms with van der Waals surface area (Å²) in [6, 6.07) is 4.23. The van der Waals surface area contributed by atoms with Crippen molar-refractivity contribution < 1.29 is 8.42 Å². The molecule has 8 nitrogen and oxygen atoms in total. The minimum absolute atomic E-state index is 0.0151. The first kappa shape index (κ1) is 25.3. The maximum atomic E-state index is 12.9. The second kappa shape index (κ2) is 10.1. The Labute approximate surface area is 191 Å². The first-order chi connectivity index (χ1) is 14.3. The standard InChI is InChI=1S/C20H28Cl2N4O4S/c1-12(2)10-25(7-8-31(29,30)16-9-14(21)5-6-15(16)22)17-18(23)26(11-13(3)4)20(28)24-19(17)27/h5-6,9,12-13H,7-8,10-11,23H2,1-4H3,(H,24,27,28). The Kier molecular flexibility index (Phi) is 8.24. The molecule has 1 heterocycles. The van der Waals surface area contributed by atoms with E-state index in [2.05, 4.69) is 4.98 Å². The molecule has 1 aromatic heterocycles. The SMILES string of the molecule is CC(C)CN(CCS(=O)(=O)c1cc(Cl)ccc1Cl)c1c(N)n(CC(C)C)c(=O)[nH]c1=O. The van der Waals surface area contributed by atoms with E-state index in [0.29, 0.717) is 13.1 Å². The lowest BCUT2D eigenvalue weighted by Crippen LogP contribution is -2.41. The smallest absolute Gasteiger partial charge is 0.330 e. The number of sulfone groups is 1. The van der Waals surface area contributed by atoms with Gasteiger partial charge in [0, 0.05) is 24.7 Å². The van der Waals surface area contributed by atoms with Crippen LogP contribution in [0, 0.1) is 11.8 Å². The van der Waals surface area contributed by atoms with Gasteiger partial charge < -0.3 is 10.6 Å². The molecule has 1 aromatic carbocycles. The predicted octanol–water partition coefficient (Wildman–Crippen LogP) is 3.02. The van der Waals surface area contributed by atoms with Crippen LogP contribution in [0.1, 0.15) is 27.7 Å². The zero-order valence-corrected chi connectivity index (χ0v) is 20.3. The molecule has 0 aliphatic carbocycles. The van der Waals surface area contributed by atoms with Gasteiger partial charge in [0.25, 0.3) is 5.56 Å². The molecular weight excluding hydrogens is 463 g/mol. The molecule has 0 unspecified atom stereocenters. The summed E-state index contributed by atoms with van der Waals surface area (Å²) < 4.78 is 27.1. The number of anilines is 2. The molecule has 0 atom stereocenters. The third kappa shape index (κ3) is 6.27. The van der Waals surface area contributed by atoms with E-state index in [-0.39, 0.29) is 50.6 Å². The zero-order valence-electron chi connectivity index (χ0n) is 18.0. The highest BCUT2D eigenvalue weighted by atomic mass is 35.5. The summed E-state index contributed by atoms with van der Waals surface area (Å²) in [5.41, 5.74) is 5.06. The lowest BCUT2D eigenvalue weighted by atomic mass is 10.2. The summed E-state index contributed by atoms with van der Waals surface area (Å²) in [6.45, 7) is 8.38. The highest BCUT2D eigenvalue weighted by molar-refractivity contribution is 7.91. The van der Waals surface area contributed by atoms with Crippen molar-refractivity contribution in [1.29, 1.82) is 0 Å². The Morgan fingerprint density at radius 1 is 1.13 bits per heavy atom. The number of hydrogen-bond donors (Lipinski definition) is 2. The van der Waals surface area contributed by atoms with Crippen molar-refractivity contribution in [2.45, 2.75) is 39.1 Å². The molecule has 31 heavy (non-hydrogen) atoms. The monoisotopic (exact) mass is 490 g/mol. The Morgan fingerprint density at radius 3 is 2.35 bits per heavy atom. The Balaban J connectivity index is 2.47. The number of halogens is 2. The van der Waals surface area contributed by atoms with Crippen molar-refractivity contribution in [2.24, 2.45) is 11.8 Å². The largest absolute Gasteiger partial charge is 0.383 e. The minimum Gasteiger partial charge on any atom is -0.383 e. The topological polar surface area (TPSA) is 118 Å². The van der Waals surface area contributed by atoms with Gasteiger partial charge in [-0.25, -0.2) is 13.2 Å². The average Bonchev–Trinajstić information content (AvgIpc) is 2.64. The molecule has 3 N–H and O–H groups in total. The summed E-state index contributed by atoms with van der Waals surface area (Å²) in [4.78, 5) is 28.7. The van der Waals surface area contributed by atoms with Crippen molar-refractivity contribution in [3.63, 3.8) is 0 Å². The third-order valence-electron chi connectivity index (χ3n) is 4.52. The van der Waals surface area contributed by atoms with E-state index in [1.54, 1.807) is 4.90 Å². The molecular formula is C20H28Cl2N4O4S. The van der Waals surface area contributed by atoms with Crippen LogP contribution in [-0.4, -0.2) is 36.8 Å². The van der Waals surface area contributed by atoms with Crippen molar-refractivity contribution >= 4 is 44.5 Å². The second-order valence-corrected chi connectivity index (χ2v) is 11.2. The first-order valence-electron chi connectivity index (χ1n) is 9.88. The predicted molar refractivity (Wildman–Crippen MR) is 126 cm³/mol. The number of nitrogens with zero attached hydrogens (tertiary/aromatic N) is 2. The molecule has 2 rings (SSSR count). The van der Waals surface area contributed by atoms with E-state index in [1.807, 2.05) is 27.7 Å². The van der Waals surface area contributed by atoms with Crippen LogP contribution >= 0.6 is 23.2 Å². The van der Waals surface area contributed by atoms with Gasteiger partial charge in [0.15, 0.2) is 9.84 Å². The fourth-order valence-corrected chi connectivity index (χ4v) is 5.28. The van der Waals surface area contributed by atoms with Crippen LogP contribution in [0.2, 0.25) is 10.0 Å². The van der Waals surface area contributed by atoms with Gasteiger partial charge in [0.1, 0.15) is 11.5 Å². The van der Waals surface area contributed by atoms with Crippen molar-refractivity contribution in [3.05, 3.63) is 49.1 Å². The van der Waals surface area contributed by atoms with E-state index in [1.165, 1.54) is 22.8 Å². The second-order valence-electron chi connectivity index (χ2n) is 8.23. The summed E-state index contributed by atoms with van der Waals surface area (Å²) in [6.07, 6.45) is 0. The number of rotatable bonds is 9. The Hall–Kier alpha value is -1.97. The molecule has 11 heteroatoms. The molecule has 0 fully saturated rings. The molecule has 172 valence electrons. The van der Waals surface area contributed by atoms with E-state index in [4.69, 9.17) is 28.9 Å².